The van der Waals surface area contributed by atoms with Gasteiger partial charge in [-0.2, -0.15) is 0 Å². The number of aliphatic hydroxyl groups excluding tert-OH is 1. The van der Waals surface area contributed by atoms with E-state index < -0.39 is 46.5 Å². The van der Waals surface area contributed by atoms with E-state index >= 15 is 0 Å². The topological polar surface area (TPSA) is 223 Å². The summed E-state index contributed by atoms with van der Waals surface area (Å²) in [6.45, 7) is -0.00127. The summed E-state index contributed by atoms with van der Waals surface area (Å²) in [5.41, 5.74) is 7.43. The number of amides is 2. The van der Waals surface area contributed by atoms with Crippen molar-refractivity contribution in [3.63, 3.8) is 0 Å². The summed E-state index contributed by atoms with van der Waals surface area (Å²) >= 11 is 3.45. The minimum absolute atomic E-state index is 0.121. The summed E-state index contributed by atoms with van der Waals surface area (Å²) in [5.74, 6) is -4.53. The van der Waals surface area contributed by atoms with Crippen molar-refractivity contribution in [2.45, 2.75) is 28.9 Å². The Hall–Kier alpha value is -3.56. The molecule has 5 rings (SSSR count). The molecule has 2 aromatic rings. The molecule has 1 saturated heterocycles. The van der Waals surface area contributed by atoms with Crippen molar-refractivity contribution in [3.05, 3.63) is 41.4 Å². The summed E-state index contributed by atoms with van der Waals surface area (Å²) in [4.78, 5) is 49.0. The molecule has 16 nitrogen and oxygen atoms in total. The SMILES string of the molecule is NC1(C(=NOc2ccc(F)cc2)C(=O)NC2C(=O)N3C(C(=O)O)=C(CSc4nnnn4CCO)CS[C@H]23)N=CSN1. The number of nitrogens with zero attached hydrogens (tertiary/aromatic N) is 7. The van der Waals surface area contributed by atoms with E-state index in [1.54, 1.807) is 0 Å². The average Bonchev–Trinajstić information content (AvgIpc) is 3.60. The largest absolute Gasteiger partial charge is 0.477 e. The third kappa shape index (κ3) is 5.92. The Morgan fingerprint density at radius 1 is 1.37 bits per heavy atom. The maximum atomic E-state index is 13.3. The van der Waals surface area contributed by atoms with Gasteiger partial charge < -0.3 is 20.4 Å². The second-order valence-electron chi connectivity index (χ2n) is 8.52. The normalized spacial score (nSPS) is 23.8. The van der Waals surface area contributed by atoms with Gasteiger partial charge in [0.2, 0.25) is 16.7 Å². The van der Waals surface area contributed by atoms with Crippen LogP contribution in [0.25, 0.3) is 0 Å². The number of aromatic nitrogens is 4. The second-order valence-corrected chi connectivity index (χ2v) is 11.2. The number of benzene rings is 1. The van der Waals surface area contributed by atoms with Gasteiger partial charge in [-0.3, -0.25) is 20.2 Å². The number of aliphatic hydroxyl groups is 1. The average molecular weight is 625 g/mol. The van der Waals surface area contributed by atoms with Crippen molar-refractivity contribution >= 4 is 64.5 Å². The first-order valence-corrected chi connectivity index (χ1v) is 14.6. The summed E-state index contributed by atoms with van der Waals surface area (Å²) in [5, 5.41) is 36.4. The molecule has 1 aromatic heterocycles. The van der Waals surface area contributed by atoms with E-state index in [1.807, 2.05) is 0 Å². The molecule has 3 aliphatic heterocycles. The molecule has 2 unspecified atom stereocenters. The van der Waals surface area contributed by atoms with Crippen LogP contribution in [0.2, 0.25) is 0 Å². The number of nitrogens with two attached hydrogens (primary N) is 1. The number of hydrogen-bond acceptors (Lipinski definition) is 15. The maximum Gasteiger partial charge on any atom is 0.352 e. The van der Waals surface area contributed by atoms with Gasteiger partial charge in [-0.25, -0.2) is 23.6 Å². The number of aliphatic carboxylic acids is 1. The molecule has 2 amide bonds. The zero-order valence-corrected chi connectivity index (χ0v) is 23.2. The number of fused-ring (bicyclic) bond motifs is 1. The molecule has 216 valence electrons. The molecule has 0 bridgehead atoms. The molecule has 0 saturated carbocycles. The molecule has 3 atom stereocenters. The van der Waals surface area contributed by atoms with Crippen molar-refractivity contribution in [2.75, 3.05) is 18.1 Å². The monoisotopic (exact) mass is 624 g/mol. The first-order valence-electron chi connectivity index (χ1n) is 11.7. The van der Waals surface area contributed by atoms with E-state index in [0.29, 0.717) is 10.7 Å². The number of carboxylic acid groups (broad SMARTS) is 1. The lowest BCUT2D eigenvalue weighted by molar-refractivity contribution is -0.150. The second kappa shape index (κ2) is 12.1. The van der Waals surface area contributed by atoms with Crippen LogP contribution in [-0.2, 0) is 20.9 Å². The Morgan fingerprint density at radius 2 is 2.15 bits per heavy atom. The Balaban J connectivity index is 1.31. The van der Waals surface area contributed by atoms with Crippen molar-refractivity contribution in [2.24, 2.45) is 15.9 Å². The van der Waals surface area contributed by atoms with Crippen molar-refractivity contribution in [1.82, 2.24) is 35.1 Å². The molecule has 3 aliphatic rings. The molecular formula is C21H21FN10O6S3. The fraction of sp³-hybridized carbons (Fsp3) is 0.333. The van der Waals surface area contributed by atoms with E-state index in [-0.39, 0.29) is 36.1 Å². The van der Waals surface area contributed by atoms with Gasteiger partial charge in [-0.05, 0) is 52.2 Å². The van der Waals surface area contributed by atoms with E-state index in [0.717, 1.165) is 29.0 Å². The summed E-state index contributed by atoms with van der Waals surface area (Å²) in [7, 11) is 0. The molecule has 0 radical (unpaired) electrons. The van der Waals surface area contributed by atoms with Crippen LogP contribution in [0.3, 0.4) is 0 Å². The molecule has 41 heavy (non-hydrogen) atoms. The molecule has 1 fully saturated rings. The van der Waals surface area contributed by atoms with E-state index in [4.69, 9.17) is 15.7 Å². The van der Waals surface area contributed by atoms with Crippen LogP contribution >= 0.6 is 35.5 Å². The summed E-state index contributed by atoms with van der Waals surface area (Å²) in [6, 6.07) is 3.80. The van der Waals surface area contributed by atoms with Crippen LogP contribution in [0.15, 0.2) is 50.8 Å². The molecule has 20 heteroatoms. The Morgan fingerprint density at radius 3 is 2.83 bits per heavy atom. The standard InChI is InChI=1S/C21H21FN10O6S3/c22-11-1-3-12(4-2-11)38-27-15(21(23)24-9-41-28-21)16(34)25-13-17(35)32-14(19(36)37)10(7-39-18(13)32)8-40-20-26-29-30-31(20)5-6-33/h1-4,9,13,18,28,33H,5-8,23H2,(H,25,34)(H,36,37)/t13?,18-,21?/m1/s1. The highest BCUT2D eigenvalue weighted by Gasteiger charge is 2.55. The number of thioether (sulfide) groups is 2. The number of nitrogens with one attached hydrogen (secondary N) is 2. The van der Waals surface area contributed by atoms with Gasteiger partial charge >= 0.3 is 5.97 Å². The minimum atomic E-state index is -1.79. The predicted octanol–water partition coefficient (Wildman–Crippen LogP) is -1.04. The van der Waals surface area contributed by atoms with Crippen molar-refractivity contribution in [1.29, 1.82) is 0 Å². The van der Waals surface area contributed by atoms with Crippen LogP contribution in [0.5, 0.6) is 5.75 Å². The summed E-state index contributed by atoms with van der Waals surface area (Å²) in [6.07, 6.45) is 0. The minimum Gasteiger partial charge on any atom is -0.477 e. The Labute approximate surface area is 243 Å². The van der Waals surface area contributed by atoms with E-state index in [2.05, 4.69) is 35.7 Å². The zero-order chi connectivity index (χ0) is 29.1. The quantitative estimate of drug-likeness (QED) is 0.0663. The van der Waals surface area contributed by atoms with E-state index in [1.165, 1.54) is 45.9 Å². The fourth-order valence-corrected chi connectivity index (χ4v) is 6.92. The molecule has 1 aromatic carbocycles. The highest BCUT2D eigenvalue weighted by Crippen LogP contribution is 2.41. The van der Waals surface area contributed by atoms with Gasteiger partial charge in [0, 0.05) is 11.5 Å². The van der Waals surface area contributed by atoms with Crippen LogP contribution < -0.4 is 20.6 Å². The number of β-lactam (4-membered cyclic amide) rings is 1. The molecule has 6 N–H and O–H groups in total. The van der Waals surface area contributed by atoms with Gasteiger partial charge in [0.25, 0.3) is 11.8 Å². The van der Waals surface area contributed by atoms with Crippen molar-refractivity contribution in [3.8, 4) is 5.75 Å². The Kier molecular flexibility index (Phi) is 8.56. The number of hydrogen-bond donors (Lipinski definition) is 5. The third-order valence-corrected chi connectivity index (χ3v) is 8.90. The van der Waals surface area contributed by atoms with Crippen molar-refractivity contribution < 1.29 is 33.8 Å². The van der Waals surface area contributed by atoms with Gasteiger partial charge in [-0.15, -0.1) is 16.9 Å². The van der Waals surface area contributed by atoms with Crippen LogP contribution in [0.1, 0.15) is 0 Å². The van der Waals surface area contributed by atoms with Crippen LogP contribution in [0.4, 0.5) is 4.39 Å². The lowest BCUT2D eigenvalue weighted by Crippen LogP contribution is -2.72. The first-order chi connectivity index (χ1) is 19.7. The number of rotatable bonds is 11. The van der Waals surface area contributed by atoms with Crippen LogP contribution in [-0.4, -0.2) is 99.7 Å². The zero-order valence-electron chi connectivity index (χ0n) is 20.7. The fourth-order valence-electron chi connectivity index (χ4n) is 3.93. The Bertz CT molecular complexity index is 1450. The number of carboxylic acids is 1. The van der Waals surface area contributed by atoms with Crippen LogP contribution in [0, 0.1) is 5.82 Å². The lowest BCUT2D eigenvalue weighted by Gasteiger charge is -2.49. The smallest absolute Gasteiger partial charge is 0.352 e. The third-order valence-electron chi connectivity index (χ3n) is 5.88. The highest BCUT2D eigenvalue weighted by atomic mass is 32.2. The maximum absolute atomic E-state index is 13.3. The predicted molar refractivity (Wildman–Crippen MR) is 146 cm³/mol. The summed E-state index contributed by atoms with van der Waals surface area (Å²) < 4.78 is 17.3. The van der Waals surface area contributed by atoms with Gasteiger partial charge in [-0.1, -0.05) is 16.9 Å². The first kappa shape index (κ1) is 29.0. The number of aliphatic imine (C=N–C) groups is 1. The molecule has 0 aliphatic carbocycles. The lowest BCUT2D eigenvalue weighted by atomic mass is 10.0. The number of oxime groups is 1. The molecule has 0 spiro atoms. The number of tetrazole rings is 1. The number of halogens is 1. The van der Waals surface area contributed by atoms with Gasteiger partial charge in [0.1, 0.15) is 22.9 Å². The molecule has 4 heterocycles. The van der Waals surface area contributed by atoms with Gasteiger partial charge in [0.05, 0.1) is 18.7 Å². The number of carbonyl (C=O) groups excluding carboxylic acids is 2. The van der Waals surface area contributed by atoms with Gasteiger partial charge in [0.15, 0.2) is 5.75 Å². The van der Waals surface area contributed by atoms with E-state index in [9.17, 15) is 23.9 Å². The highest BCUT2D eigenvalue weighted by molar-refractivity contribution is 8.10. The number of carbonyl (C=O) groups is 3. The molecular weight excluding hydrogens is 603 g/mol.